The molecule has 2 saturated heterocycles. The minimum absolute atomic E-state index is 0.189. The highest BCUT2D eigenvalue weighted by molar-refractivity contribution is 7.89. The summed E-state index contributed by atoms with van der Waals surface area (Å²) in [4.78, 5) is 20.7. The molecule has 32 heavy (non-hydrogen) atoms. The van der Waals surface area contributed by atoms with E-state index in [-0.39, 0.29) is 23.5 Å². The predicted octanol–water partition coefficient (Wildman–Crippen LogP) is 2.09. The molecule has 0 aliphatic carbocycles. The molecule has 3 heterocycles. The van der Waals surface area contributed by atoms with Crippen LogP contribution < -0.4 is 9.46 Å². The fraction of sp³-hybridized carbons (Fsp3) is 0.524. The van der Waals surface area contributed by atoms with Gasteiger partial charge in [0.15, 0.2) is 0 Å². The third kappa shape index (κ3) is 5.83. The summed E-state index contributed by atoms with van der Waals surface area (Å²) in [5.41, 5.74) is 0. The Balaban J connectivity index is 1.19. The summed E-state index contributed by atoms with van der Waals surface area (Å²) in [6, 6.07) is 5.15. The molecule has 2 fully saturated rings. The Morgan fingerprint density at radius 2 is 1.94 bits per heavy atom. The van der Waals surface area contributed by atoms with Crippen LogP contribution in [-0.2, 0) is 14.8 Å². The number of sulfonamides is 1. The van der Waals surface area contributed by atoms with Gasteiger partial charge in [-0.05, 0) is 43.9 Å². The summed E-state index contributed by atoms with van der Waals surface area (Å²) < 4.78 is 46.1. The molecule has 2 aliphatic heterocycles. The number of hydrogen-bond acceptors (Lipinski definition) is 7. The van der Waals surface area contributed by atoms with Crippen molar-refractivity contribution in [2.24, 2.45) is 0 Å². The smallest absolute Gasteiger partial charge is 0.273 e. The monoisotopic (exact) mass is 482 g/mol. The van der Waals surface area contributed by atoms with Gasteiger partial charge in [-0.3, -0.25) is 9.69 Å². The Morgan fingerprint density at radius 1 is 1.19 bits per heavy atom. The summed E-state index contributed by atoms with van der Waals surface area (Å²) in [5, 5.41) is 2.63. The molecule has 1 aromatic carbocycles. The Morgan fingerprint density at radius 3 is 2.59 bits per heavy atom. The quantitative estimate of drug-likeness (QED) is 0.650. The first-order valence-corrected chi connectivity index (χ1v) is 13.1. The van der Waals surface area contributed by atoms with E-state index in [1.54, 1.807) is 11.1 Å². The van der Waals surface area contributed by atoms with Crippen LogP contribution in [0, 0.1) is 5.82 Å². The Bertz CT molecular complexity index is 1000. The van der Waals surface area contributed by atoms with Gasteiger partial charge in [-0.15, -0.1) is 0 Å². The molecule has 0 unspecified atom stereocenters. The number of halogens is 1. The van der Waals surface area contributed by atoms with Gasteiger partial charge in [0.05, 0.1) is 11.4 Å². The molecule has 2 aliphatic rings. The number of nitrogens with one attached hydrogen (secondary N) is 1. The van der Waals surface area contributed by atoms with Crippen molar-refractivity contribution in [1.82, 2.24) is 19.5 Å². The molecule has 2 aromatic rings. The van der Waals surface area contributed by atoms with Gasteiger partial charge in [-0.25, -0.2) is 22.5 Å². The molecule has 0 radical (unpaired) electrons. The van der Waals surface area contributed by atoms with E-state index >= 15 is 0 Å². The van der Waals surface area contributed by atoms with E-state index in [0.717, 1.165) is 50.0 Å². The molecule has 174 valence electrons. The second-order valence-electron chi connectivity index (χ2n) is 8.05. The Hall–Kier alpha value is -2.08. The van der Waals surface area contributed by atoms with Crippen molar-refractivity contribution >= 4 is 27.3 Å². The second-order valence-corrected chi connectivity index (χ2v) is 10.7. The predicted molar refractivity (Wildman–Crippen MR) is 119 cm³/mol. The highest BCUT2D eigenvalue weighted by Crippen LogP contribution is 2.25. The van der Waals surface area contributed by atoms with Crippen LogP contribution in [0.4, 0.5) is 4.39 Å². The zero-order valence-electron chi connectivity index (χ0n) is 17.7. The third-order valence-electron chi connectivity index (χ3n) is 6.01. The fourth-order valence-corrected chi connectivity index (χ4v) is 5.79. The molecule has 0 spiro atoms. The summed E-state index contributed by atoms with van der Waals surface area (Å²) >= 11 is 1.51. The number of thiazole rings is 1. The van der Waals surface area contributed by atoms with Crippen molar-refractivity contribution in [1.29, 1.82) is 0 Å². The first kappa shape index (κ1) is 23.1. The zero-order chi connectivity index (χ0) is 22.6. The number of amides is 1. The number of likely N-dealkylation sites (tertiary alicyclic amines) is 2. The first-order valence-electron chi connectivity index (χ1n) is 10.7. The maximum absolute atomic E-state index is 13.3. The van der Waals surface area contributed by atoms with Crippen LogP contribution in [0.5, 0.6) is 5.19 Å². The van der Waals surface area contributed by atoms with E-state index in [2.05, 4.69) is 14.6 Å². The van der Waals surface area contributed by atoms with E-state index in [1.165, 1.54) is 29.5 Å². The lowest BCUT2D eigenvalue weighted by molar-refractivity contribution is -0.131. The lowest BCUT2D eigenvalue weighted by Gasteiger charge is -2.41. The molecular weight excluding hydrogens is 455 g/mol. The lowest BCUT2D eigenvalue weighted by Crippen LogP contribution is -2.51. The number of carbonyl (C=O) groups is 1. The van der Waals surface area contributed by atoms with Crippen LogP contribution in [0.15, 0.2) is 40.7 Å². The largest absolute Gasteiger partial charge is 0.467 e. The molecule has 1 aromatic heterocycles. The van der Waals surface area contributed by atoms with Crippen LogP contribution in [0.2, 0.25) is 0 Å². The number of rotatable bonds is 7. The number of benzene rings is 1. The maximum atomic E-state index is 13.3. The van der Waals surface area contributed by atoms with Gasteiger partial charge in [0, 0.05) is 43.8 Å². The summed E-state index contributed by atoms with van der Waals surface area (Å²) in [6.45, 7) is 2.79. The van der Waals surface area contributed by atoms with Gasteiger partial charge in [-0.1, -0.05) is 17.4 Å². The lowest BCUT2D eigenvalue weighted by atomic mass is 9.99. The summed E-state index contributed by atoms with van der Waals surface area (Å²) in [7, 11) is -3.93. The standard InChI is InChI=1S/C21H27FN4O4S2/c22-16-2-1-3-19(14-16)32(28,29)24-15-20(27)26-9-4-17(5-10-26)25-11-6-18(7-12-25)30-21-23-8-13-31-21/h1-3,8,13-14,17-18,24H,4-7,9-12,15H2. The van der Waals surface area contributed by atoms with Gasteiger partial charge >= 0.3 is 0 Å². The molecule has 1 amide bonds. The summed E-state index contributed by atoms with van der Waals surface area (Å²) in [6.07, 6.45) is 5.59. The second kappa shape index (κ2) is 10.2. The number of ether oxygens (including phenoxy) is 1. The van der Waals surface area contributed by atoms with Gasteiger partial charge in [0.25, 0.3) is 5.19 Å². The molecule has 0 atom stereocenters. The van der Waals surface area contributed by atoms with Crippen molar-refractivity contribution in [2.75, 3.05) is 32.7 Å². The topological polar surface area (TPSA) is 91.8 Å². The first-order chi connectivity index (χ1) is 15.4. The van der Waals surface area contributed by atoms with Gasteiger partial charge in [0.2, 0.25) is 15.9 Å². The minimum Gasteiger partial charge on any atom is -0.467 e. The van der Waals surface area contributed by atoms with Gasteiger partial charge in [0.1, 0.15) is 11.9 Å². The number of hydrogen-bond donors (Lipinski definition) is 1. The van der Waals surface area contributed by atoms with Crippen molar-refractivity contribution < 1.29 is 22.3 Å². The number of piperidine rings is 2. The average Bonchev–Trinajstić information content (AvgIpc) is 3.31. The molecule has 0 saturated carbocycles. The van der Waals surface area contributed by atoms with Gasteiger partial charge < -0.3 is 9.64 Å². The normalized spacial score (nSPS) is 19.2. The molecule has 0 bridgehead atoms. The molecular formula is C21H27FN4O4S2. The highest BCUT2D eigenvalue weighted by Gasteiger charge is 2.30. The van der Waals surface area contributed by atoms with Crippen LogP contribution in [0.1, 0.15) is 25.7 Å². The van der Waals surface area contributed by atoms with Crippen molar-refractivity contribution in [3.8, 4) is 5.19 Å². The number of aromatic nitrogens is 1. The Labute approximate surface area is 191 Å². The molecule has 11 heteroatoms. The number of nitrogens with zero attached hydrogens (tertiary/aromatic N) is 3. The SMILES string of the molecule is O=C(CNS(=O)(=O)c1cccc(F)c1)N1CCC(N2CCC(Oc3nccs3)CC2)CC1. The van der Waals surface area contributed by atoms with Crippen LogP contribution in [0.25, 0.3) is 0 Å². The van der Waals surface area contributed by atoms with Crippen molar-refractivity contribution in [3.05, 3.63) is 41.7 Å². The zero-order valence-corrected chi connectivity index (χ0v) is 19.3. The van der Waals surface area contributed by atoms with Crippen LogP contribution in [-0.4, -0.2) is 74.0 Å². The minimum atomic E-state index is -3.93. The van der Waals surface area contributed by atoms with Crippen molar-refractivity contribution in [3.63, 3.8) is 0 Å². The molecule has 8 nitrogen and oxygen atoms in total. The third-order valence-corrected chi connectivity index (χ3v) is 8.07. The summed E-state index contributed by atoms with van der Waals surface area (Å²) in [5.74, 6) is -0.904. The number of carbonyl (C=O) groups excluding carboxylic acids is 1. The molecule has 1 N–H and O–H groups in total. The van der Waals surface area contributed by atoms with E-state index in [4.69, 9.17) is 4.74 Å². The van der Waals surface area contributed by atoms with Crippen molar-refractivity contribution in [2.45, 2.75) is 42.7 Å². The average molecular weight is 483 g/mol. The maximum Gasteiger partial charge on any atom is 0.273 e. The van der Waals surface area contributed by atoms with E-state index in [9.17, 15) is 17.6 Å². The fourth-order valence-electron chi connectivity index (χ4n) is 4.24. The van der Waals surface area contributed by atoms with Gasteiger partial charge in [-0.2, -0.15) is 0 Å². The molecule has 4 rings (SSSR count). The van der Waals surface area contributed by atoms with E-state index in [1.807, 2.05) is 5.38 Å². The van der Waals surface area contributed by atoms with E-state index in [0.29, 0.717) is 19.1 Å². The Kier molecular flexibility index (Phi) is 7.39. The highest BCUT2D eigenvalue weighted by atomic mass is 32.2. The van der Waals surface area contributed by atoms with E-state index < -0.39 is 15.8 Å². The van der Waals surface area contributed by atoms with Crippen LogP contribution >= 0.6 is 11.3 Å². The van der Waals surface area contributed by atoms with Crippen LogP contribution in [0.3, 0.4) is 0 Å².